The minimum absolute atomic E-state index is 0.0295. The van der Waals surface area contributed by atoms with Crippen LogP contribution in [0.25, 0.3) is 0 Å². The quantitative estimate of drug-likeness (QED) is 0.275. The maximum absolute atomic E-state index is 12.4. The van der Waals surface area contributed by atoms with Gasteiger partial charge >= 0.3 is 0 Å². The Morgan fingerprint density at radius 3 is 2.74 bits per heavy atom. The lowest BCUT2D eigenvalue weighted by atomic mass is 10.2. The van der Waals surface area contributed by atoms with Crippen LogP contribution in [0.3, 0.4) is 0 Å². The van der Waals surface area contributed by atoms with Crippen molar-refractivity contribution in [3.63, 3.8) is 0 Å². The number of carbonyl (C=O) groups excluding carboxylic acids is 1. The molecule has 0 aromatic heterocycles. The molecular formula is C13H19N3O2S. The van der Waals surface area contributed by atoms with Gasteiger partial charge in [-0.05, 0) is 25.3 Å². The summed E-state index contributed by atoms with van der Waals surface area (Å²) in [6.07, 6.45) is 2.30. The standard InChI is InChI=1S/C13H19N3O2S/c1-3-16(9-8-12(14)15-18)13(17)10-6-4-5-7-11(10)19-2/h4-7,18H,3,8-9H2,1-2H3,(H2,14,15). The molecule has 1 rings (SSSR count). The summed E-state index contributed by atoms with van der Waals surface area (Å²) in [4.78, 5) is 15.1. The Morgan fingerprint density at radius 1 is 1.47 bits per heavy atom. The highest BCUT2D eigenvalue weighted by Crippen LogP contribution is 2.21. The van der Waals surface area contributed by atoms with Crippen LogP contribution >= 0.6 is 11.8 Å². The first-order chi connectivity index (χ1) is 9.13. The summed E-state index contributed by atoms with van der Waals surface area (Å²) >= 11 is 1.54. The number of hydrogen-bond acceptors (Lipinski definition) is 4. The zero-order valence-corrected chi connectivity index (χ0v) is 12.0. The Balaban J connectivity index is 2.83. The number of nitrogens with two attached hydrogens (primary N) is 1. The van der Waals surface area contributed by atoms with Gasteiger partial charge in [-0.15, -0.1) is 11.8 Å². The van der Waals surface area contributed by atoms with Gasteiger partial charge in [0.25, 0.3) is 5.91 Å². The predicted octanol–water partition coefficient (Wildman–Crippen LogP) is 2.01. The van der Waals surface area contributed by atoms with E-state index < -0.39 is 0 Å². The fourth-order valence-corrected chi connectivity index (χ4v) is 2.28. The van der Waals surface area contributed by atoms with Gasteiger partial charge in [0.05, 0.1) is 5.56 Å². The Bertz CT molecular complexity index is 463. The van der Waals surface area contributed by atoms with E-state index in [-0.39, 0.29) is 11.7 Å². The van der Waals surface area contributed by atoms with Crippen molar-refractivity contribution in [1.82, 2.24) is 4.90 Å². The van der Waals surface area contributed by atoms with E-state index in [4.69, 9.17) is 10.9 Å². The molecule has 0 saturated heterocycles. The molecule has 1 amide bonds. The molecule has 6 heteroatoms. The third-order valence-corrected chi connectivity index (χ3v) is 3.57. The number of hydrogen-bond donors (Lipinski definition) is 2. The van der Waals surface area contributed by atoms with E-state index in [1.807, 2.05) is 37.4 Å². The Kier molecular flexibility index (Phi) is 6.21. The van der Waals surface area contributed by atoms with Crippen molar-refractivity contribution in [2.24, 2.45) is 10.9 Å². The molecule has 1 aromatic rings. The van der Waals surface area contributed by atoms with Crippen molar-refractivity contribution in [1.29, 1.82) is 0 Å². The van der Waals surface area contributed by atoms with Crippen molar-refractivity contribution >= 4 is 23.5 Å². The molecule has 0 heterocycles. The summed E-state index contributed by atoms with van der Waals surface area (Å²) in [5, 5.41) is 11.4. The number of carbonyl (C=O) groups is 1. The maximum Gasteiger partial charge on any atom is 0.254 e. The number of amides is 1. The highest BCUT2D eigenvalue weighted by molar-refractivity contribution is 7.98. The highest BCUT2D eigenvalue weighted by atomic mass is 32.2. The molecule has 0 aliphatic carbocycles. The van der Waals surface area contributed by atoms with Gasteiger partial charge in [0.15, 0.2) is 0 Å². The lowest BCUT2D eigenvalue weighted by Gasteiger charge is -2.21. The summed E-state index contributed by atoms with van der Waals surface area (Å²) in [5.74, 6) is 0.0996. The van der Waals surface area contributed by atoms with Crippen LogP contribution < -0.4 is 5.73 Å². The van der Waals surface area contributed by atoms with Crippen LogP contribution in [0.5, 0.6) is 0 Å². The number of amidine groups is 1. The molecule has 0 atom stereocenters. The van der Waals surface area contributed by atoms with Gasteiger partial charge in [-0.3, -0.25) is 4.79 Å². The van der Waals surface area contributed by atoms with E-state index in [2.05, 4.69) is 5.16 Å². The summed E-state index contributed by atoms with van der Waals surface area (Å²) in [6.45, 7) is 2.93. The molecule has 0 saturated carbocycles. The van der Waals surface area contributed by atoms with E-state index in [0.29, 0.717) is 25.1 Å². The second-order valence-corrected chi connectivity index (χ2v) is 4.77. The van der Waals surface area contributed by atoms with Gasteiger partial charge in [-0.25, -0.2) is 0 Å². The first-order valence-corrected chi connectivity index (χ1v) is 7.25. The lowest BCUT2D eigenvalue weighted by Crippen LogP contribution is -2.34. The normalized spacial score (nSPS) is 11.4. The van der Waals surface area contributed by atoms with Crippen LogP contribution in [0.1, 0.15) is 23.7 Å². The molecule has 0 radical (unpaired) electrons. The minimum atomic E-state index is -0.0295. The van der Waals surface area contributed by atoms with Crippen LogP contribution in [0.15, 0.2) is 34.3 Å². The summed E-state index contributed by atoms with van der Waals surface area (Å²) in [6, 6.07) is 7.51. The fraction of sp³-hybridized carbons (Fsp3) is 0.385. The Hall–Kier alpha value is -1.69. The second kappa shape index (κ2) is 7.68. The van der Waals surface area contributed by atoms with E-state index in [1.54, 1.807) is 16.7 Å². The van der Waals surface area contributed by atoms with E-state index >= 15 is 0 Å². The van der Waals surface area contributed by atoms with Gasteiger partial charge in [0, 0.05) is 24.4 Å². The average Bonchev–Trinajstić information content (AvgIpc) is 2.47. The Morgan fingerprint density at radius 2 is 2.16 bits per heavy atom. The summed E-state index contributed by atoms with van der Waals surface area (Å²) in [7, 11) is 0. The smallest absolute Gasteiger partial charge is 0.254 e. The van der Waals surface area contributed by atoms with Crippen LogP contribution in [-0.2, 0) is 0 Å². The van der Waals surface area contributed by atoms with E-state index in [1.165, 1.54) is 0 Å². The second-order valence-electron chi connectivity index (χ2n) is 3.93. The lowest BCUT2D eigenvalue weighted by molar-refractivity contribution is 0.0765. The van der Waals surface area contributed by atoms with Crippen molar-refractivity contribution in [3.05, 3.63) is 29.8 Å². The maximum atomic E-state index is 12.4. The minimum Gasteiger partial charge on any atom is -0.409 e. The zero-order valence-electron chi connectivity index (χ0n) is 11.2. The van der Waals surface area contributed by atoms with E-state index in [0.717, 1.165) is 4.90 Å². The summed E-state index contributed by atoms with van der Waals surface area (Å²) < 4.78 is 0. The summed E-state index contributed by atoms with van der Waals surface area (Å²) in [5.41, 5.74) is 6.12. The van der Waals surface area contributed by atoms with Gasteiger partial charge in [-0.2, -0.15) is 0 Å². The van der Waals surface area contributed by atoms with Crippen LogP contribution in [0.2, 0.25) is 0 Å². The van der Waals surface area contributed by atoms with Crippen molar-refractivity contribution < 1.29 is 10.0 Å². The molecular weight excluding hydrogens is 262 g/mol. The Labute approximate surface area is 117 Å². The molecule has 0 aliphatic rings. The SMILES string of the molecule is CCN(CCC(N)=NO)C(=O)c1ccccc1SC. The van der Waals surface area contributed by atoms with Gasteiger partial charge < -0.3 is 15.8 Å². The topological polar surface area (TPSA) is 78.9 Å². The van der Waals surface area contributed by atoms with Crippen molar-refractivity contribution in [2.45, 2.75) is 18.2 Å². The molecule has 0 unspecified atom stereocenters. The molecule has 19 heavy (non-hydrogen) atoms. The zero-order chi connectivity index (χ0) is 14.3. The van der Waals surface area contributed by atoms with Crippen LogP contribution in [-0.4, -0.2) is 41.2 Å². The highest BCUT2D eigenvalue weighted by Gasteiger charge is 2.17. The molecule has 0 bridgehead atoms. The monoisotopic (exact) mass is 281 g/mol. The van der Waals surface area contributed by atoms with Crippen LogP contribution in [0.4, 0.5) is 0 Å². The van der Waals surface area contributed by atoms with Gasteiger partial charge in [0.2, 0.25) is 0 Å². The average molecular weight is 281 g/mol. The first kappa shape index (κ1) is 15.4. The number of benzene rings is 1. The molecule has 5 nitrogen and oxygen atoms in total. The number of oxime groups is 1. The molecule has 1 aromatic carbocycles. The van der Waals surface area contributed by atoms with Gasteiger partial charge in [-0.1, -0.05) is 17.3 Å². The molecule has 0 spiro atoms. The third-order valence-electron chi connectivity index (χ3n) is 2.77. The molecule has 104 valence electrons. The first-order valence-electron chi connectivity index (χ1n) is 6.02. The van der Waals surface area contributed by atoms with Gasteiger partial charge in [0.1, 0.15) is 5.84 Å². The fourth-order valence-electron chi connectivity index (χ4n) is 1.69. The van der Waals surface area contributed by atoms with E-state index in [9.17, 15) is 4.79 Å². The van der Waals surface area contributed by atoms with Crippen molar-refractivity contribution in [3.8, 4) is 0 Å². The molecule has 0 fully saturated rings. The third kappa shape index (κ3) is 4.17. The number of thioether (sulfide) groups is 1. The van der Waals surface area contributed by atoms with Crippen molar-refractivity contribution in [2.75, 3.05) is 19.3 Å². The molecule has 0 aliphatic heterocycles. The molecule has 3 N–H and O–H groups in total. The van der Waals surface area contributed by atoms with Crippen LogP contribution in [0, 0.1) is 0 Å². The number of rotatable bonds is 6. The number of nitrogens with zero attached hydrogens (tertiary/aromatic N) is 2. The predicted molar refractivity (Wildman–Crippen MR) is 77.8 cm³/mol. The largest absolute Gasteiger partial charge is 0.409 e.